The van der Waals surface area contributed by atoms with Crippen molar-refractivity contribution in [2.45, 2.75) is 18.2 Å². The molecule has 0 heterocycles. The minimum Gasteiger partial charge on any atom is -0.478 e. The van der Waals surface area contributed by atoms with Crippen molar-refractivity contribution in [2.24, 2.45) is 0 Å². The topological polar surface area (TPSA) is 101 Å². The molecule has 0 aromatic heterocycles. The first kappa shape index (κ1) is 17.4. The summed E-state index contributed by atoms with van der Waals surface area (Å²) in [4.78, 5) is 21.3. The molecule has 2 N–H and O–H groups in total. The van der Waals surface area contributed by atoms with E-state index in [1.165, 1.54) is 0 Å². The van der Waals surface area contributed by atoms with Crippen molar-refractivity contribution in [3.63, 3.8) is 0 Å². The molecule has 0 saturated heterocycles. The van der Waals surface area contributed by atoms with Crippen LogP contribution in [0.1, 0.15) is 23.7 Å². The number of carbonyl (C=O) groups excluding carboxylic acids is 1. The zero-order valence-electron chi connectivity index (χ0n) is 11.0. The molecule has 0 unspecified atom stereocenters. The lowest BCUT2D eigenvalue weighted by Gasteiger charge is -2.08. The first-order valence-electron chi connectivity index (χ1n) is 5.90. The standard InChI is InChI=1S/C12H13ClFNO5S/c1-2-15-10(16)3-4-21(19,20)9-6-7(13)5-8(11(9)14)12(17)18/h5-6H,2-4H2,1H3,(H,15,16)(H,17,18). The number of sulfone groups is 1. The van der Waals surface area contributed by atoms with E-state index in [4.69, 9.17) is 16.7 Å². The average molecular weight is 338 g/mol. The number of carbonyl (C=O) groups is 2. The molecule has 0 bridgehead atoms. The molecular formula is C12H13ClFNO5S. The van der Waals surface area contributed by atoms with Gasteiger partial charge in [-0.15, -0.1) is 0 Å². The zero-order valence-corrected chi connectivity index (χ0v) is 12.6. The van der Waals surface area contributed by atoms with Gasteiger partial charge in [0.25, 0.3) is 0 Å². The molecule has 1 rings (SSSR count). The summed E-state index contributed by atoms with van der Waals surface area (Å²) < 4.78 is 38.0. The van der Waals surface area contributed by atoms with E-state index in [0.717, 1.165) is 12.1 Å². The van der Waals surface area contributed by atoms with Crippen LogP contribution in [0.2, 0.25) is 5.02 Å². The highest BCUT2D eigenvalue weighted by atomic mass is 35.5. The molecule has 1 aromatic rings. The van der Waals surface area contributed by atoms with E-state index in [9.17, 15) is 22.4 Å². The first-order valence-corrected chi connectivity index (χ1v) is 7.94. The summed E-state index contributed by atoms with van der Waals surface area (Å²) in [6.45, 7) is 2.01. The summed E-state index contributed by atoms with van der Waals surface area (Å²) >= 11 is 5.61. The lowest BCUT2D eigenvalue weighted by Crippen LogP contribution is -2.25. The number of benzene rings is 1. The third-order valence-electron chi connectivity index (χ3n) is 2.54. The van der Waals surface area contributed by atoms with Crippen LogP contribution in [0.5, 0.6) is 0 Å². The van der Waals surface area contributed by atoms with Crippen molar-refractivity contribution >= 4 is 33.3 Å². The van der Waals surface area contributed by atoms with E-state index in [-0.39, 0.29) is 11.4 Å². The van der Waals surface area contributed by atoms with Crippen LogP contribution in [0, 0.1) is 5.82 Å². The van der Waals surface area contributed by atoms with Gasteiger partial charge in [-0.25, -0.2) is 17.6 Å². The van der Waals surface area contributed by atoms with Gasteiger partial charge >= 0.3 is 5.97 Å². The number of carboxylic acids is 1. The molecule has 0 aliphatic heterocycles. The highest BCUT2D eigenvalue weighted by molar-refractivity contribution is 7.91. The first-order chi connectivity index (χ1) is 9.69. The molecule has 1 amide bonds. The fourth-order valence-electron chi connectivity index (χ4n) is 1.57. The van der Waals surface area contributed by atoms with Gasteiger partial charge in [-0.2, -0.15) is 0 Å². The van der Waals surface area contributed by atoms with E-state index in [2.05, 4.69) is 5.32 Å². The lowest BCUT2D eigenvalue weighted by atomic mass is 10.2. The van der Waals surface area contributed by atoms with Crippen LogP contribution >= 0.6 is 11.6 Å². The maximum Gasteiger partial charge on any atom is 0.338 e. The third kappa shape index (κ3) is 4.40. The van der Waals surface area contributed by atoms with Gasteiger partial charge in [0.15, 0.2) is 15.7 Å². The molecule has 0 atom stereocenters. The Hall–Kier alpha value is -1.67. The van der Waals surface area contributed by atoms with Gasteiger partial charge in [-0.3, -0.25) is 4.79 Å². The number of hydrogen-bond donors (Lipinski definition) is 2. The van der Waals surface area contributed by atoms with Crippen molar-refractivity contribution in [1.82, 2.24) is 5.32 Å². The Labute approximate surface area is 125 Å². The van der Waals surface area contributed by atoms with E-state index >= 15 is 0 Å². The van der Waals surface area contributed by atoms with E-state index in [1.54, 1.807) is 6.92 Å². The number of carboxylic acid groups (broad SMARTS) is 1. The van der Waals surface area contributed by atoms with Crippen molar-refractivity contribution in [3.05, 3.63) is 28.5 Å². The number of nitrogens with one attached hydrogen (secondary N) is 1. The molecular weight excluding hydrogens is 325 g/mol. The average Bonchev–Trinajstić information content (AvgIpc) is 2.39. The Balaban J connectivity index is 3.14. The maximum atomic E-state index is 14.0. The smallest absolute Gasteiger partial charge is 0.338 e. The monoisotopic (exact) mass is 337 g/mol. The number of halogens is 2. The highest BCUT2D eigenvalue weighted by Gasteiger charge is 2.25. The second-order valence-electron chi connectivity index (χ2n) is 4.09. The van der Waals surface area contributed by atoms with Crippen LogP contribution in [0.3, 0.4) is 0 Å². The predicted octanol–water partition coefficient (Wildman–Crippen LogP) is 1.48. The molecule has 0 saturated carbocycles. The van der Waals surface area contributed by atoms with Gasteiger partial charge in [0.05, 0.1) is 11.3 Å². The van der Waals surface area contributed by atoms with E-state index in [1.807, 2.05) is 0 Å². The van der Waals surface area contributed by atoms with Crippen molar-refractivity contribution in [3.8, 4) is 0 Å². The normalized spacial score (nSPS) is 11.2. The van der Waals surface area contributed by atoms with Gasteiger partial charge in [-0.05, 0) is 19.1 Å². The molecule has 1 aromatic carbocycles. The second-order valence-corrected chi connectivity index (χ2v) is 6.61. The van der Waals surface area contributed by atoms with Gasteiger partial charge in [-0.1, -0.05) is 11.6 Å². The van der Waals surface area contributed by atoms with Crippen molar-refractivity contribution in [1.29, 1.82) is 0 Å². The largest absolute Gasteiger partial charge is 0.478 e. The number of amides is 1. The lowest BCUT2D eigenvalue weighted by molar-refractivity contribution is -0.120. The van der Waals surface area contributed by atoms with Gasteiger partial charge in [0.2, 0.25) is 5.91 Å². The molecule has 0 spiro atoms. The van der Waals surface area contributed by atoms with Gasteiger partial charge in [0.1, 0.15) is 4.90 Å². The van der Waals surface area contributed by atoms with Crippen molar-refractivity contribution < 1.29 is 27.5 Å². The minimum atomic E-state index is -4.17. The minimum absolute atomic E-state index is 0.217. The fraction of sp³-hybridized carbons (Fsp3) is 0.333. The summed E-state index contributed by atoms with van der Waals surface area (Å²) in [6.07, 6.45) is -0.357. The number of hydrogen-bond acceptors (Lipinski definition) is 4. The number of aromatic carboxylic acids is 1. The van der Waals surface area contributed by atoms with Crippen LogP contribution in [0.25, 0.3) is 0 Å². The SMILES string of the molecule is CCNC(=O)CCS(=O)(=O)c1cc(Cl)cc(C(=O)O)c1F. The molecule has 6 nitrogen and oxygen atoms in total. The third-order valence-corrected chi connectivity index (χ3v) is 4.47. The summed E-state index contributed by atoms with van der Waals surface area (Å²) in [5.41, 5.74) is -0.834. The summed E-state index contributed by atoms with van der Waals surface area (Å²) in [7, 11) is -4.17. The second kappa shape index (κ2) is 6.86. The quantitative estimate of drug-likeness (QED) is 0.818. The van der Waals surface area contributed by atoms with E-state index in [0.29, 0.717) is 6.54 Å². The molecule has 0 fully saturated rings. The Morgan fingerprint density at radius 1 is 1.38 bits per heavy atom. The molecule has 0 radical (unpaired) electrons. The maximum absolute atomic E-state index is 14.0. The molecule has 21 heavy (non-hydrogen) atoms. The molecule has 116 valence electrons. The molecule has 9 heteroatoms. The molecule has 0 aliphatic carbocycles. The van der Waals surface area contributed by atoms with Crippen LogP contribution < -0.4 is 5.32 Å². The van der Waals surface area contributed by atoms with Crippen LogP contribution in [0.4, 0.5) is 4.39 Å². The Morgan fingerprint density at radius 3 is 2.52 bits per heavy atom. The van der Waals surface area contributed by atoms with Gasteiger partial charge in [0, 0.05) is 18.0 Å². The highest BCUT2D eigenvalue weighted by Crippen LogP contribution is 2.25. The Bertz CT molecular complexity index is 674. The van der Waals surface area contributed by atoms with Gasteiger partial charge < -0.3 is 10.4 Å². The summed E-state index contributed by atoms with van der Waals surface area (Å²) in [5, 5.41) is 11.0. The van der Waals surface area contributed by atoms with Crippen LogP contribution in [-0.4, -0.2) is 37.7 Å². The summed E-state index contributed by atoms with van der Waals surface area (Å²) in [5.74, 6) is -4.16. The zero-order chi connectivity index (χ0) is 16.2. The van der Waals surface area contributed by atoms with E-state index < -0.39 is 43.7 Å². The van der Waals surface area contributed by atoms with Crippen molar-refractivity contribution in [2.75, 3.05) is 12.3 Å². The van der Waals surface area contributed by atoms with Crippen LogP contribution in [0.15, 0.2) is 17.0 Å². The van der Waals surface area contributed by atoms with Crippen LogP contribution in [-0.2, 0) is 14.6 Å². The molecule has 0 aliphatic rings. The summed E-state index contributed by atoms with van der Waals surface area (Å²) in [6, 6.07) is 1.65. The fourth-order valence-corrected chi connectivity index (χ4v) is 3.22. The number of rotatable bonds is 6. The Morgan fingerprint density at radius 2 is 2.00 bits per heavy atom. The predicted molar refractivity (Wildman–Crippen MR) is 73.7 cm³/mol. The Kier molecular flexibility index (Phi) is 5.68.